The van der Waals surface area contributed by atoms with Crippen molar-refractivity contribution >= 4 is 5.90 Å². The van der Waals surface area contributed by atoms with Gasteiger partial charge in [0, 0.05) is 10.9 Å². The second-order valence-corrected chi connectivity index (χ2v) is 2.37. The van der Waals surface area contributed by atoms with E-state index < -0.39 is 12.3 Å². The maximum atomic E-state index is 7.30. The van der Waals surface area contributed by atoms with E-state index in [0.717, 1.165) is 0 Å². The zero-order valence-electron chi connectivity index (χ0n) is 9.48. The van der Waals surface area contributed by atoms with Crippen LogP contribution in [0.4, 0.5) is 0 Å². The van der Waals surface area contributed by atoms with Crippen LogP contribution in [0.5, 0.6) is 0 Å². The van der Waals surface area contributed by atoms with Crippen molar-refractivity contribution in [2.75, 3.05) is 13.2 Å². The van der Waals surface area contributed by atoms with Crippen molar-refractivity contribution < 1.29 is 10.2 Å². The molecule has 2 nitrogen and oxygen atoms in total. The number of ether oxygens (including phenoxy) is 1. The summed E-state index contributed by atoms with van der Waals surface area (Å²) in [4.78, 5) is 3.96. The Morgan fingerprint density at radius 2 is 2.78 bits per heavy atom. The van der Waals surface area contributed by atoms with Crippen molar-refractivity contribution in [3.8, 4) is 0 Å². The second kappa shape index (κ2) is 2.01. The molecular weight excluding hydrogens is 114 g/mol. The molecule has 0 bridgehead atoms. The molecule has 0 fully saturated rings. The lowest BCUT2D eigenvalue weighted by Crippen LogP contribution is -2.20. The molecule has 0 amide bonds. The first kappa shape index (κ1) is 3.04. The third kappa shape index (κ3) is 1.44. The smallest absolute Gasteiger partial charge is 0.188 e. The fourth-order valence-corrected chi connectivity index (χ4v) is 0.669. The lowest BCUT2D eigenvalue weighted by atomic mass is 9.97. The van der Waals surface area contributed by atoms with E-state index in [9.17, 15) is 0 Å². The van der Waals surface area contributed by atoms with Crippen LogP contribution in [0.3, 0.4) is 0 Å². The Morgan fingerprint density at radius 3 is 3.22 bits per heavy atom. The van der Waals surface area contributed by atoms with Gasteiger partial charge in [0.15, 0.2) is 5.90 Å². The average molecular weight is 131 g/mol. The molecule has 0 saturated heterocycles. The maximum Gasteiger partial charge on any atom is 0.188 e. The molecule has 52 valence electrons. The number of aliphatic imine (C=N–C) groups is 1. The van der Waals surface area contributed by atoms with Gasteiger partial charge in [-0.3, -0.25) is 4.99 Å². The molecule has 1 unspecified atom stereocenters. The molecule has 2 heteroatoms. The van der Waals surface area contributed by atoms with Gasteiger partial charge < -0.3 is 4.74 Å². The summed E-state index contributed by atoms with van der Waals surface area (Å²) in [5.41, 5.74) is -1.25. The van der Waals surface area contributed by atoms with E-state index in [2.05, 4.69) is 4.99 Å². The molecule has 1 atom stereocenters. The van der Waals surface area contributed by atoms with E-state index in [4.69, 9.17) is 10.2 Å². The van der Waals surface area contributed by atoms with Gasteiger partial charge >= 0.3 is 0 Å². The van der Waals surface area contributed by atoms with E-state index in [1.807, 2.05) is 0 Å². The van der Waals surface area contributed by atoms with Crippen LogP contribution in [0, 0.1) is 5.41 Å². The molecule has 1 heterocycles. The summed E-state index contributed by atoms with van der Waals surface area (Å²) in [6, 6.07) is 0. The fourth-order valence-electron chi connectivity index (χ4n) is 0.669. The fraction of sp³-hybridized carbons (Fsp3) is 0.857. The highest BCUT2D eigenvalue weighted by Crippen LogP contribution is 2.19. The Labute approximate surface area is 61.6 Å². The van der Waals surface area contributed by atoms with Crippen LogP contribution in [-0.2, 0) is 4.74 Å². The molecular formula is C7H13NO. The molecule has 1 rings (SSSR count). The molecule has 0 aromatic heterocycles. The Morgan fingerprint density at radius 1 is 1.89 bits per heavy atom. The highest BCUT2D eigenvalue weighted by atomic mass is 16.5. The van der Waals surface area contributed by atoms with E-state index in [0.29, 0.717) is 13.2 Å². The molecule has 0 saturated carbocycles. The Bertz CT molecular complexity index is 225. The Balaban J connectivity index is 2.92. The van der Waals surface area contributed by atoms with Crippen LogP contribution < -0.4 is 0 Å². The van der Waals surface area contributed by atoms with E-state index in [-0.39, 0.29) is 12.8 Å². The number of hydrogen-bond acceptors (Lipinski definition) is 2. The molecule has 0 aromatic rings. The first-order valence-electron chi connectivity index (χ1n) is 5.09. The van der Waals surface area contributed by atoms with Gasteiger partial charge in [0.25, 0.3) is 0 Å². The van der Waals surface area contributed by atoms with Crippen LogP contribution in [0.1, 0.15) is 26.2 Å². The summed E-state index contributed by atoms with van der Waals surface area (Å²) in [6.07, 6.45) is 0. The maximum absolute atomic E-state index is 7.30. The van der Waals surface area contributed by atoms with Crippen LogP contribution in [-0.4, -0.2) is 19.0 Å². The van der Waals surface area contributed by atoms with Crippen LogP contribution in [0.25, 0.3) is 0 Å². The third-order valence-corrected chi connectivity index (χ3v) is 1.06. The van der Waals surface area contributed by atoms with Gasteiger partial charge in [0.05, 0.1) is 6.54 Å². The topological polar surface area (TPSA) is 21.6 Å². The molecule has 0 aromatic carbocycles. The zero-order chi connectivity index (χ0) is 10.1. The summed E-state index contributed by atoms with van der Waals surface area (Å²) in [5, 5.41) is 0. The van der Waals surface area contributed by atoms with Crippen LogP contribution in [0.2, 0.25) is 0 Å². The van der Waals surface area contributed by atoms with E-state index >= 15 is 0 Å². The minimum atomic E-state index is -2.22. The van der Waals surface area contributed by atoms with Crippen molar-refractivity contribution in [3.63, 3.8) is 0 Å². The van der Waals surface area contributed by atoms with Gasteiger partial charge in [-0.1, -0.05) is 20.7 Å². The lowest BCUT2D eigenvalue weighted by molar-refractivity contribution is 0.302. The number of hydrogen-bond donors (Lipinski definition) is 0. The summed E-state index contributed by atoms with van der Waals surface area (Å²) >= 11 is 0. The van der Waals surface area contributed by atoms with Gasteiger partial charge in [-0.25, -0.2) is 0 Å². The average Bonchev–Trinajstić information content (AvgIpc) is 2.52. The van der Waals surface area contributed by atoms with Gasteiger partial charge in [-0.2, -0.15) is 0 Å². The lowest BCUT2D eigenvalue weighted by Gasteiger charge is -2.16. The van der Waals surface area contributed by atoms with Crippen molar-refractivity contribution in [2.24, 2.45) is 10.4 Å². The first-order valence-corrected chi connectivity index (χ1v) is 2.89. The number of nitrogens with zero attached hydrogens (tertiary/aromatic N) is 1. The van der Waals surface area contributed by atoms with Crippen LogP contribution >= 0.6 is 0 Å². The molecule has 1 aliphatic heterocycles. The summed E-state index contributed by atoms with van der Waals surface area (Å²) in [5.74, 6) is 0.211. The summed E-state index contributed by atoms with van der Waals surface area (Å²) in [6.45, 7) is -0.0284. The normalized spacial score (nSPS) is 32.3. The Hall–Kier alpha value is -0.530. The molecule has 0 N–H and O–H groups in total. The quantitative estimate of drug-likeness (QED) is 0.487. The third-order valence-electron chi connectivity index (χ3n) is 1.06. The van der Waals surface area contributed by atoms with Crippen molar-refractivity contribution in [1.29, 1.82) is 0 Å². The van der Waals surface area contributed by atoms with Crippen molar-refractivity contribution in [2.45, 2.75) is 20.7 Å². The monoisotopic (exact) mass is 131 g/mol. The summed E-state index contributed by atoms with van der Waals surface area (Å²) < 4.78 is 34.3. The highest BCUT2D eigenvalue weighted by Gasteiger charge is 2.22. The van der Waals surface area contributed by atoms with E-state index in [1.54, 1.807) is 0 Å². The number of rotatable bonds is 0. The van der Waals surface area contributed by atoms with Gasteiger partial charge in [0.1, 0.15) is 6.61 Å². The molecule has 1 aliphatic rings. The predicted octanol–water partition coefficient (Wildman–Crippen LogP) is 1.46. The first-order chi connectivity index (χ1) is 5.92. The molecule has 0 radical (unpaired) electrons. The minimum Gasteiger partial charge on any atom is -0.479 e. The van der Waals surface area contributed by atoms with Gasteiger partial charge in [0.2, 0.25) is 0 Å². The van der Waals surface area contributed by atoms with Crippen molar-refractivity contribution in [3.05, 3.63) is 0 Å². The SMILES string of the molecule is [2H]CC(C)(C1=NCCO1)C([2H])([2H])[2H]. The molecule has 0 spiro atoms. The molecule has 0 aliphatic carbocycles. The van der Waals surface area contributed by atoms with Crippen LogP contribution in [0.15, 0.2) is 4.99 Å². The standard InChI is InChI=1S/C7H13NO/c1-7(2,3)6-8-4-5-9-6/h4-5H2,1-3H3/i1D,2D3. The van der Waals surface area contributed by atoms with E-state index in [1.165, 1.54) is 6.92 Å². The minimum absolute atomic E-state index is 0.211. The largest absolute Gasteiger partial charge is 0.479 e. The predicted molar refractivity (Wildman–Crippen MR) is 37.7 cm³/mol. The van der Waals surface area contributed by atoms with Gasteiger partial charge in [-0.15, -0.1) is 0 Å². The Kier molecular flexibility index (Phi) is 0.679. The summed E-state index contributed by atoms with van der Waals surface area (Å²) in [7, 11) is 0. The van der Waals surface area contributed by atoms with Crippen molar-refractivity contribution in [1.82, 2.24) is 0 Å². The highest BCUT2D eigenvalue weighted by molar-refractivity contribution is 5.82. The van der Waals surface area contributed by atoms with Gasteiger partial charge in [-0.05, 0) is 0 Å². The zero-order valence-corrected chi connectivity index (χ0v) is 5.48. The second-order valence-electron chi connectivity index (χ2n) is 2.37. The molecule has 9 heavy (non-hydrogen) atoms.